The van der Waals surface area contributed by atoms with Gasteiger partial charge in [-0.2, -0.15) is 4.98 Å². The Morgan fingerprint density at radius 3 is 2.71 bits per heavy atom. The van der Waals surface area contributed by atoms with Gasteiger partial charge >= 0.3 is 5.69 Å². The Labute approximate surface area is 120 Å². The number of rotatable bonds is 5. The predicted molar refractivity (Wildman–Crippen MR) is 77.1 cm³/mol. The third kappa shape index (κ3) is 2.98. The number of H-pyrrole nitrogens is 1. The zero-order valence-corrected chi connectivity index (χ0v) is 12.2. The molecule has 0 aromatic carbocycles. The average molecular weight is 297 g/mol. The van der Waals surface area contributed by atoms with Crippen molar-refractivity contribution in [3.8, 4) is 0 Å². The molecule has 2 rings (SSSR count). The van der Waals surface area contributed by atoms with Gasteiger partial charge in [-0.25, -0.2) is 4.79 Å². The smallest absolute Gasteiger partial charge is 0.329 e. The second-order valence-corrected chi connectivity index (χ2v) is 5.11. The summed E-state index contributed by atoms with van der Waals surface area (Å²) in [6.45, 7) is 3.87. The number of aromatic amines is 1. The minimum absolute atomic E-state index is 0.0132. The Hall–Kier alpha value is -2.13. The van der Waals surface area contributed by atoms with Gasteiger partial charge in [0.25, 0.3) is 5.56 Å². The summed E-state index contributed by atoms with van der Waals surface area (Å²) in [7, 11) is 1.48. The van der Waals surface area contributed by atoms with Gasteiger partial charge in [0, 0.05) is 7.05 Å². The number of nitrogens with two attached hydrogens (primary N) is 1. The van der Waals surface area contributed by atoms with Crippen molar-refractivity contribution in [3.63, 3.8) is 0 Å². The Balaban J connectivity index is 2.41. The third-order valence-corrected chi connectivity index (χ3v) is 3.05. The van der Waals surface area contributed by atoms with Crippen LogP contribution in [0, 0.1) is 0 Å². The molecular formula is C12H19N5O4. The van der Waals surface area contributed by atoms with Gasteiger partial charge < -0.3 is 20.1 Å². The molecule has 21 heavy (non-hydrogen) atoms. The van der Waals surface area contributed by atoms with Crippen molar-refractivity contribution in [1.29, 1.82) is 0 Å². The van der Waals surface area contributed by atoms with Crippen molar-refractivity contribution in [1.82, 2.24) is 19.1 Å². The fourth-order valence-corrected chi connectivity index (χ4v) is 2.00. The van der Waals surface area contributed by atoms with Crippen LogP contribution in [0.2, 0.25) is 0 Å². The summed E-state index contributed by atoms with van der Waals surface area (Å²) in [5.41, 5.74) is 4.95. The second-order valence-electron chi connectivity index (χ2n) is 5.11. The maximum atomic E-state index is 11.9. The van der Waals surface area contributed by atoms with E-state index in [1.54, 1.807) is 0 Å². The first-order chi connectivity index (χ1) is 9.81. The number of nitrogens with one attached hydrogen (secondary N) is 1. The predicted octanol–water partition coefficient (Wildman–Crippen LogP) is -1.21. The summed E-state index contributed by atoms with van der Waals surface area (Å²) in [5.74, 6) is 0.0558. The number of aliphatic hydroxyl groups is 1. The number of ether oxygens (including phenoxy) is 1. The SMILES string of the molecule is CC(C)OC[C@@H](O)Cn1c(N)nc2c1c(=O)[nH]c(=O)n2C. The van der Waals surface area contributed by atoms with Gasteiger partial charge in [0.2, 0.25) is 5.95 Å². The van der Waals surface area contributed by atoms with Crippen LogP contribution in [0.4, 0.5) is 5.95 Å². The van der Waals surface area contributed by atoms with Crippen LogP contribution in [0.5, 0.6) is 0 Å². The fourth-order valence-electron chi connectivity index (χ4n) is 2.00. The molecule has 0 bridgehead atoms. The molecule has 0 saturated carbocycles. The molecule has 0 aliphatic rings. The van der Waals surface area contributed by atoms with E-state index in [1.807, 2.05) is 13.8 Å². The molecule has 0 saturated heterocycles. The highest BCUT2D eigenvalue weighted by molar-refractivity contribution is 5.73. The van der Waals surface area contributed by atoms with Gasteiger partial charge in [0.1, 0.15) is 0 Å². The molecule has 4 N–H and O–H groups in total. The topological polar surface area (TPSA) is 128 Å². The monoisotopic (exact) mass is 297 g/mol. The summed E-state index contributed by atoms with van der Waals surface area (Å²) in [6.07, 6.45) is -0.857. The molecule has 116 valence electrons. The lowest BCUT2D eigenvalue weighted by Gasteiger charge is -2.15. The van der Waals surface area contributed by atoms with E-state index in [0.29, 0.717) is 0 Å². The molecule has 0 aliphatic heterocycles. The molecule has 9 nitrogen and oxygen atoms in total. The largest absolute Gasteiger partial charge is 0.389 e. The van der Waals surface area contributed by atoms with Crippen LogP contribution in [0.1, 0.15) is 13.8 Å². The number of fused-ring (bicyclic) bond motifs is 1. The summed E-state index contributed by atoms with van der Waals surface area (Å²) in [5, 5.41) is 9.96. The number of hydrogen-bond donors (Lipinski definition) is 3. The zero-order chi connectivity index (χ0) is 15.7. The lowest BCUT2D eigenvalue weighted by molar-refractivity contribution is -0.0000857. The number of hydrogen-bond acceptors (Lipinski definition) is 6. The standard InChI is InChI=1S/C12H19N5O4/c1-6(2)21-5-7(18)4-17-8-9(14-11(17)13)16(3)12(20)15-10(8)19/h6-7,18H,4-5H2,1-3H3,(H2,13,14)(H,15,19,20)/t7-/m0/s1. The van der Waals surface area contributed by atoms with E-state index in [9.17, 15) is 14.7 Å². The van der Waals surface area contributed by atoms with E-state index >= 15 is 0 Å². The van der Waals surface area contributed by atoms with Crippen molar-refractivity contribution in [3.05, 3.63) is 20.8 Å². The zero-order valence-electron chi connectivity index (χ0n) is 12.2. The average Bonchev–Trinajstić information content (AvgIpc) is 2.72. The fraction of sp³-hybridized carbons (Fsp3) is 0.583. The lowest BCUT2D eigenvalue weighted by atomic mass is 10.3. The van der Waals surface area contributed by atoms with Crippen molar-refractivity contribution in [2.24, 2.45) is 7.05 Å². The van der Waals surface area contributed by atoms with Gasteiger partial charge in [-0.05, 0) is 13.8 Å². The number of nitrogen functional groups attached to an aromatic ring is 1. The summed E-state index contributed by atoms with van der Waals surface area (Å²) < 4.78 is 7.88. The first kappa shape index (κ1) is 15.3. The van der Waals surface area contributed by atoms with Crippen LogP contribution in [0.3, 0.4) is 0 Å². The van der Waals surface area contributed by atoms with E-state index in [0.717, 1.165) is 0 Å². The Bertz CT molecular complexity index is 757. The Morgan fingerprint density at radius 2 is 2.10 bits per heavy atom. The first-order valence-electron chi connectivity index (χ1n) is 6.56. The van der Waals surface area contributed by atoms with Gasteiger partial charge in [0.15, 0.2) is 11.2 Å². The minimum Gasteiger partial charge on any atom is -0.389 e. The number of imidazole rings is 1. The van der Waals surface area contributed by atoms with Gasteiger partial charge in [-0.3, -0.25) is 14.3 Å². The minimum atomic E-state index is -0.844. The Morgan fingerprint density at radius 1 is 1.43 bits per heavy atom. The summed E-state index contributed by atoms with van der Waals surface area (Å²) in [4.78, 5) is 29.7. The lowest BCUT2D eigenvalue weighted by Crippen LogP contribution is -2.30. The highest BCUT2D eigenvalue weighted by Gasteiger charge is 2.18. The molecule has 2 heterocycles. The highest BCUT2D eigenvalue weighted by atomic mass is 16.5. The molecule has 0 spiro atoms. The second kappa shape index (κ2) is 5.70. The number of anilines is 1. The van der Waals surface area contributed by atoms with Crippen LogP contribution in [-0.4, -0.2) is 43.0 Å². The first-order valence-corrected chi connectivity index (χ1v) is 6.56. The van der Waals surface area contributed by atoms with Crippen LogP contribution >= 0.6 is 0 Å². The van der Waals surface area contributed by atoms with E-state index in [-0.39, 0.29) is 36.4 Å². The van der Waals surface area contributed by atoms with Crippen molar-refractivity contribution < 1.29 is 9.84 Å². The number of aryl methyl sites for hydroxylation is 1. The number of aliphatic hydroxyl groups excluding tert-OH is 1. The van der Waals surface area contributed by atoms with E-state index in [1.165, 1.54) is 16.2 Å². The number of aromatic nitrogens is 4. The molecule has 1 atom stereocenters. The maximum absolute atomic E-state index is 11.9. The molecule has 0 fully saturated rings. The molecule has 0 unspecified atom stereocenters. The highest BCUT2D eigenvalue weighted by Crippen LogP contribution is 2.13. The van der Waals surface area contributed by atoms with Gasteiger partial charge in [0.05, 0.1) is 25.4 Å². The number of nitrogens with zero attached hydrogens (tertiary/aromatic N) is 3. The van der Waals surface area contributed by atoms with Gasteiger partial charge in [-0.1, -0.05) is 0 Å². The molecule has 9 heteroatoms. The van der Waals surface area contributed by atoms with Crippen molar-refractivity contribution in [2.45, 2.75) is 32.6 Å². The molecule has 0 aliphatic carbocycles. The molecule has 2 aromatic heterocycles. The van der Waals surface area contributed by atoms with E-state index in [4.69, 9.17) is 10.5 Å². The van der Waals surface area contributed by atoms with Crippen LogP contribution in [0.15, 0.2) is 9.59 Å². The van der Waals surface area contributed by atoms with Crippen LogP contribution in [-0.2, 0) is 18.3 Å². The molecule has 0 radical (unpaired) electrons. The summed E-state index contributed by atoms with van der Waals surface area (Å²) in [6, 6.07) is 0. The third-order valence-electron chi connectivity index (χ3n) is 3.05. The van der Waals surface area contributed by atoms with E-state index in [2.05, 4.69) is 9.97 Å². The summed E-state index contributed by atoms with van der Waals surface area (Å²) >= 11 is 0. The molecular weight excluding hydrogens is 278 g/mol. The van der Waals surface area contributed by atoms with Gasteiger partial charge in [-0.15, -0.1) is 0 Å². The van der Waals surface area contributed by atoms with Crippen molar-refractivity contribution >= 4 is 17.1 Å². The van der Waals surface area contributed by atoms with Crippen LogP contribution < -0.4 is 17.0 Å². The maximum Gasteiger partial charge on any atom is 0.329 e. The van der Waals surface area contributed by atoms with Crippen molar-refractivity contribution in [2.75, 3.05) is 12.3 Å². The van der Waals surface area contributed by atoms with Crippen LogP contribution in [0.25, 0.3) is 11.2 Å². The Kier molecular flexibility index (Phi) is 4.14. The van der Waals surface area contributed by atoms with E-state index < -0.39 is 17.4 Å². The molecule has 0 amide bonds. The molecule has 2 aromatic rings. The normalized spacial score (nSPS) is 13.2. The quantitative estimate of drug-likeness (QED) is 0.635.